The first-order valence-corrected chi connectivity index (χ1v) is 9.72. The van der Waals surface area contributed by atoms with Crippen molar-refractivity contribution in [3.63, 3.8) is 0 Å². The fraction of sp³-hybridized carbons (Fsp3) is 0.150. The third-order valence-corrected chi connectivity index (χ3v) is 5.04. The number of rotatable bonds is 6. The zero-order valence-corrected chi connectivity index (χ0v) is 16.7. The number of aliphatic imine (C=N–C) groups is 1. The van der Waals surface area contributed by atoms with Crippen LogP contribution in [-0.4, -0.2) is 35.0 Å². The summed E-state index contributed by atoms with van der Waals surface area (Å²) in [7, 11) is 0. The lowest BCUT2D eigenvalue weighted by Gasteiger charge is -2.12. The molecule has 144 valence electrons. The molecule has 2 aromatic rings. The van der Waals surface area contributed by atoms with Gasteiger partial charge in [-0.05, 0) is 60.7 Å². The number of halogens is 1. The van der Waals surface area contributed by atoms with Gasteiger partial charge in [-0.1, -0.05) is 29.8 Å². The van der Waals surface area contributed by atoms with E-state index in [4.69, 9.17) is 22.1 Å². The molecule has 1 heterocycles. The Labute approximate surface area is 172 Å². The van der Waals surface area contributed by atoms with Gasteiger partial charge in [0.2, 0.25) is 0 Å². The van der Waals surface area contributed by atoms with E-state index in [2.05, 4.69) is 4.99 Å². The Morgan fingerprint density at radius 1 is 1.29 bits per heavy atom. The molecule has 0 atom stereocenters. The highest BCUT2D eigenvalue weighted by molar-refractivity contribution is 8.18. The smallest absolute Gasteiger partial charge is 0.266 e. The number of hydrogen-bond donors (Lipinski definition) is 1. The molecule has 2 N–H and O–H groups in total. The highest BCUT2D eigenvalue weighted by Gasteiger charge is 2.32. The van der Waals surface area contributed by atoms with Gasteiger partial charge in [0.25, 0.3) is 11.8 Å². The van der Waals surface area contributed by atoms with Gasteiger partial charge in [0.1, 0.15) is 5.75 Å². The van der Waals surface area contributed by atoms with Crippen molar-refractivity contribution in [2.75, 3.05) is 13.2 Å². The first-order chi connectivity index (χ1) is 13.5. The third kappa shape index (κ3) is 4.94. The molecule has 6 nitrogen and oxygen atoms in total. The van der Waals surface area contributed by atoms with Gasteiger partial charge in [-0.3, -0.25) is 14.5 Å². The van der Waals surface area contributed by atoms with Crippen molar-refractivity contribution in [1.29, 1.82) is 0 Å². The number of likely N-dealkylation sites (N-methyl/N-ethyl adjacent to an activating group) is 1. The van der Waals surface area contributed by atoms with E-state index >= 15 is 0 Å². The van der Waals surface area contributed by atoms with Gasteiger partial charge >= 0.3 is 0 Å². The number of amides is 2. The zero-order valence-electron chi connectivity index (χ0n) is 15.1. The molecule has 28 heavy (non-hydrogen) atoms. The topological polar surface area (TPSA) is 85.0 Å². The lowest BCUT2D eigenvalue weighted by molar-refractivity contribution is -0.122. The molecule has 0 radical (unpaired) electrons. The first kappa shape index (κ1) is 20.0. The molecular formula is C20H18ClN3O3S. The summed E-state index contributed by atoms with van der Waals surface area (Å²) < 4.78 is 5.24. The van der Waals surface area contributed by atoms with E-state index < -0.39 is 5.91 Å². The normalized spacial score (nSPS) is 16.8. The highest BCUT2D eigenvalue weighted by Crippen LogP contribution is 2.34. The standard InChI is InChI=1S/C20H18ClN3O3S/c1-2-24-19(26)17(28-20(24)23-15-5-3-4-14(21)11-15)10-13-6-8-16(9-7-13)27-12-18(22)25/h3-11H,2,12H2,1H3,(H2,22,25)/b17-10+,23-20?. The van der Waals surface area contributed by atoms with Gasteiger partial charge in [0.15, 0.2) is 11.8 Å². The molecule has 0 aromatic heterocycles. The van der Waals surface area contributed by atoms with Gasteiger partial charge in [-0.25, -0.2) is 4.99 Å². The summed E-state index contributed by atoms with van der Waals surface area (Å²) >= 11 is 7.33. The minimum atomic E-state index is -0.537. The molecule has 0 saturated carbocycles. The molecular weight excluding hydrogens is 398 g/mol. The lowest BCUT2D eigenvalue weighted by Crippen LogP contribution is -2.28. The second-order valence-corrected chi connectivity index (χ2v) is 7.30. The van der Waals surface area contributed by atoms with Crippen LogP contribution < -0.4 is 10.5 Å². The van der Waals surface area contributed by atoms with Crippen LogP contribution in [0, 0.1) is 0 Å². The van der Waals surface area contributed by atoms with Crippen molar-refractivity contribution in [2.24, 2.45) is 10.7 Å². The Bertz CT molecular complexity index is 957. The van der Waals surface area contributed by atoms with Crippen molar-refractivity contribution in [3.8, 4) is 5.75 Å². The van der Waals surface area contributed by atoms with Crippen LogP contribution in [0.2, 0.25) is 5.02 Å². The maximum Gasteiger partial charge on any atom is 0.266 e. The van der Waals surface area contributed by atoms with Gasteiger partial charge in [0.05, 0.1) is 10.6 Å². The molecule has 1 fully saturated rings. The lowest BCUT2D eigenvalue weighted by atomic mass is 10.2. The molecule has 2 aromatic carbocycles. The maximum absolute atomic E-state index is 12.7. The molecule has 1 aliphatic heterocycles. The minimum absolute atomic E-state index is 0.0951. The van der Waals surface area contributed by atoms with Crippen LogP contribution in [0.15, 0.2) is 58.4 Å². The van der Waals surface area contributed by atoms with E-state index in [0.29, 0.717) is 33.1 Å². The predicted octanol–water partition coefficient (Wildman–Crippen LogP) is 3.83. The summed E-state index contributed by atoms with van der Waals surface area (Å²) in [5, 5.41) is 1.20. The number of benzene rings is 2. The van der Waals surface area contributed by atoms with E-state index in [1.54, 1.807) is 47.4 Å². The summed E-state index contributed by atoms with van der Waals surface area (Å²) in [6, 6.07) is 14.2. The van der Waals surface area contributed by atoms with E-state index in [9.17, 15) is 9.59 Å². The minimum Gasteiger partial charge on any atom is -0.484 e. The van der Waals surface area contributed by atoms with Gasteiger partial charge in [-0.2, -0.15) is 0 Å². The van der Waals surface area contributed by atoms with Crippen LogP contribution in [0.5, 0.6) is 5.75 Å². The van der Waals surface area contributed by atoms with Gasteiger partial charge in [0, 0.05) is 11.6 Å². The van der Waals surface area contributed by atoms with Crippen LogP contribution in [0.4, 0.5) is 5.69 Å². The van der Waals surface area contributed by atoms with Crippen molar-refractivity contribution >= 4 is 52.1 Å². The van der Waals surface area contributed by atoms with Crippen LogP contribution in [-0.2, 0) is 9.59 Å². The van der Waals surface area contributed by atoms with Crippen LogP contribution >= 0.6 is 23.4 Å². The number of amidine groups is 1. The van der Waals surface area contributed by atoms with Gasteiger partial charge in [-0.15, -0.1) is 0 Å². The van der Waals surface area contributed by atoms with Crippen LogP contribution in [0.25, 0.3) is 6.08 Å². The number of carbonyl (C=O) groups is 2. The number of nitrogens with two attached hydrogens (primary N) is 1. The third-order valence-electron chi connectivity index (χ3n) is 3.80. The predicted molar refractivity (Wildman–Crippen MR) is 113 cm³/mol. The Balaban J connectivity index is 1.80. The fourth-order valence-electron chi connectivity index (χ4n) is 2.49. The van der Waals surface area contributed by atoms with Crippen molar-refractivity contribution in [2.45, 2.75) is 6.92 Å². The molecule has 3 rings (SSSR count). The van der Waals surface area contributed by atoms with Crippen molar-refractivity contribution < 1.29 is 14.3 Å². The molecule has 0 unspecified atom stereocenters. The molecule has 0 aliphatic carbocycles. The van der Waals surface area contributed by atoms with Gasteiger partial charge < -0.3 is 10.5 Å². The van der Waals surface area contributed by atoms with E-state index in [1.165, 1.54) is 11.8 Å². The highest BCUT2D eigenvalue weighted by atomic mass is 35.5. The quantitative estimate of drug-likeness (QED) is 0.726. The molecule has 1 aliphatic rings. The summed E-state index contributed by atoms with van der Waals surface area (Å²) in [5.74, 6) is -0.0996. The number of carbonyl (C=O) groups excluding carboxylic acids is 2. The molecule has 2 amide bonds. The molecule has 0 bridgehead atoms. The summed E-state index contributed by atoms with van der Waals surface area (Å²) in [4.78, 5) is 30.2. The number of nitrogens with zero attached hydrogens (tertiary/aromatic N) is 2. The average Bonchev–Trinajstić information content (AvgIpc) is 2.95. The monoisotopic (exact) mass is 415 g/mol. The van der Waals surface area contributed by atoms with E-state index in [0.717, 1.165) is 5.56 Å². The summed E-state index contributed by atoms with van der Waals surface area (Å²) in [6.45, 7) is 2.24. The molecule has 1 saturated heterocycles. The Morgan fingerprint density at radius 2 is 2.04 bits per heavy atom. The zero-order chi connectivity index (χ0) is 20.1. The number of thioether (sulfide) groups is 1. The Hall–Kier alpha value is -2.77. The second-order valence-electron chi connectivity index (χ2n) is 5.86. The average molecular weight is 416 g/mol. The fourth-order valence-corrected chi connectivity index (χ4v) is 3.74. The van der Waals surface area contributed by atoms with E-state index in [-0.39, 0.29) is 12.5 Å². The van der Waals surface area contributed by atoms with E-state index in [1.807, 2.05) is 19.1 Å². The summed E-state index contributed by atoms with van der Waals surface area (Å²) in [5.41, 5.74) is 6.59. The first-order valence-electron chi connectivity index (χ1n) is 8.53. The second kappa shape index (κ2) is 8.95. The number of ether oxygens (including phenoxy) is 1. The summed E-state index contributed by atoms with van der Waals surface area (Å²) in [6.07, 6.45) is 1.80. The van der Waals surface area contributed by atoms with Crippen LogP contribution in [0.3, 0.4) is 0 Å². The molecule has 8 heteroatoms. The number of primary amides is 1. The molecule has 0 spiro atoms. The SMILES string of the molecule is CCN1C(=O)/C(=C\c2ccc(OCC(N)=O)cc2)SC1=Nc1cccc(Cl)c1. The maximum atomic E-state index is 12.7. The number of hydrogen-bond acceptors (Lipinski definition) is 5. The Morgan fingerprint density at radius 3 is 2.68 bits per heavy atom. The Kier molecular flexibility index (Phi) is 6.38. The largest absolute Gasteiger partial charge is 0.484 e. The van der Waals surface area contributed by atoms with Crippen molar-refractivity contribution in [3.05, 3.63) is 64.0 Å². The van der Waals surface area contributed by atoms with Crippen LogP contribution in [0.1, 0.15) is 12.5 Å². The van der Waals surface area contributed by atoms with Crippen molar-refractivity contribution in [1.82, 2.24) is 4.90 Å².